The van der Waals surface area contributed by atoms with Crippen molar-refractivity contribution in [3.05, 3.63) is 82.3 Å². The quantitative estimate of drug-likeness (QED) is 0.232. The van der Waals surface area contributed by atoms with Crippen molar-refractivity contribution in [2.24, 2.45) is 0 Å². The molecule has 0 unspecified atom stereocenters. The molecule has 3 rings (SSSR count). The van der Waals surface area contributed by atoms with Crippen molar-refractivity contribution in [1.29, 1.82) is 0 Å². The molecule has 0 amide bonds. The van der Waals surface area contributed by atoms with Gasteiger partial charge in [0, 0.05) is 41.7 Å². The second kappa shape index (κ2) is 8.60. The van der Waals surface area contributed by atoms with Crippen LogP contribution in [-0.2, 0) is 0 Å². The standard InChI is InChI=1S/C22H25N2S.F6P/c1-16-14-21(17-6-10-19(11-7-17)23(2)3)25-22(15-16)18-8-12-20(13-9-18)24(4)5;1-7(2,3,4,5)6/h6-15H,1-5H3;/q+1;-1. The Hall–Kier alpha value is -2.25. The molecule has 0 spiro atoms. The summed E-state index contributed by atoms with van der Waals surface area (Å²) in [5.41, 5.74) is 6.27. The summed E-state index contributed by atoms with van der Waals surface area (Å²) in [6.07, 6.45) is 13.3. The summed E-state index contributed by atoms with van der Waals surface area (Å²) in [4.78, 5) is 4.73. The molecule has 0 saturated carbocycles. The van der Waals surface area contributed by atoms with E-state index < -0.39 is 7.81 Å². The van der Waals surface area contributed by atoms with Crippen LogP contribution in [0.1, 0.15) is 12.5 Å². The number of nitrogens with zero attached hydrogens (tertiary/aromatic N) is 2. The topological polar surface area (TPSA) is 6.25 Å². The van der Waals surface area contributed by atoms with Crippen molar-refractivity contribution in [2.75, 3.05) is 33.1 Å². The van der Waals surface area contributed by atoms with Crippen molar-refractivity contribution in [2.45, 2.75) is 6.92 Å². The predicted molar refractivity (Wildman–Crippen MR) is 126 cm³/mol. The number of anilines is 1. The molecule has 0 saturated heterocycles. The fourth-order valence-electron chi connectivity index (χ4n) is 2.76. The van der Waals surface area contributed by atoms with E-state index in [1.165, 1.54) is 37.9 Å². The first-order valence-corrected chi connectivity index (χ1v) is 12.3. The van der Waals surface area contributed by atoms with Gasteiger partial charge in [0.2, 0.25) is 0 Å². The minimum atomic E-state index is -10.7. The monoisotopic (exact) mass is 494 g/mol. The molecule has 1 aliphatic heterocycles. The van der Waals surface area contributed by atoms with Crippen molar-refractivity contribution in [3.63, 3.8) is 0 Å². The summed E-state index contributed by atoms with van der Waals surface area (Å²) >= 11 is 1.84. The van der Waals surface area contributed by atoms with Crippen LogP contribution < -0.4 is 4.90 Å². The van der Waals surface area contributed by atoms with Gasteiger partial charge in [0.25, 0.3) is 0 Å². The average molecular weight is 494 g/mol. The van der Waals surface area contributed by atoms with Crippen LogP contribution in [0.3, 0.4) is 0 Å². The maximum absolute atomic E-state index is 10.7. The predicted octanol–water partition coefficient (Wildman–Crippen LogP) is 8.26. The van der Waals surface area contributed by atoms with Crippen LogP contribution in [0, 0.1) is 0 Å². The molecule has 1 aliphatic carbocycles. The van der Waals surface area contributed by atoms with Crippen LogP contribution in [0.15, 0.2) is 76.8 Å². The van der Waals surface area contributed by atoms with E-state index in [4.69, 9.17) is 0 Å². The average Bonchev–Trinajstić information content (AvgIpc) is 2.65. The zero-order chi connectivity index (χ0) is 24.4. The number of hydrogen-bond acceptors (Lipinski definition) is 2. The zero-order valence-corrected chi connectivity index (χ0v) is 20.0. The number of allylic oxidation sites excluding steroid dienone is 8. The Morgan fingerprint density at radius 3 is 1.75 bits per heavy atom. The van der Waals surface area contributed by atoms with E-state index in [0.717, 1.165) is 0 Å². The van der Waals surface area contributed by atoms with E-state index in [2.05, 4.69) is 105 Å². The van der Waals surface area contributed by atoms with E-state index in [-0.39, 0.29) is 0 Å². The van der Waals surface area contributed by atoms with Crippen LogP contribution in [0.4, 0.5) is 30.9 Å². The molecule has 0 radical (unpaired) electrons. The zero-order valence-electron chi connectivity index (χ0n) is 18.3. The van der Waals surface area contributed by atoms with Crippen LogP contribution in [0.2, 0.25) is 0 Å². The van der Waals surface area contributed by atoms with Gasteiger partial charge in [-0.3, -0.25) is 0 Å². The van der Waals surface area contributed by atoms with E-state index in [9.17, 15) is 25.2 Å². The molecule has 2 nitrogen and oxygen atoms in total. The summed E-state index contributed by atoms with van der Waals surface area (Å²) in [6.45, 7) is 2.17. The van der Waals surface area contributed by atoms with Gasteiger partial charge in [-0.15, -0.1) is 0 Å². The van der Waals surface area contributed by atoms with Gasteiger partial charge >= 0.3 is 33.0 Å². The maximum atomic E-state index is 9.87. The molecule has 0 bridgehead atoms. The first-order valence-electron chi connectivity index (χ1n) is 9.46. The first-order chi connectivity index (χ1) is 14.4. The molecule has 10 heteroatoms. The molecule has 32 heavy (non-hydrogen) atoms. The van der Waals surface area contributed by atoms with Crippen molar-refractivity contribution in [1.82, 2.24) is 0 Å². The Bertz CT molecular complexity index is 1040. The van der Waals surface area contributed by atoms with Crippen LogP contribution in [0.5, 0.6) is 0 Å². The fraction of sp³-hybridized carbons (Fsp3) is 0.227. The minimum absolute atomic E-state index is 1.22. The number of thioether (sulfide) groups is 1. The molecule has 1 aromatic carbocycles. The number of benzene rings is 1. The van der Waals surface area contributed by atoms with E-state index in [1.807, 2.05) is 11.8 Å². The van der Waals surface area contributed by atoms with Crippen molar-refractivity contribution in [3.8, 4) is 0 Å². The number of halogens is 6. The summed E-state index contributed by atoms with van der Waals surface area (Å²) in [5.74, 6) is 0. The SMILES string of the molecule is CC1=CC(=C2C=CC(=[N+](C)C)C=C2)SC(c2ccc(N(C)C)cc2)=C1.F[P-](F)(F)(F)(F)F. The summed E-state index contributed by atoms with van der Waals surface area (Å²) in [6, 6.07) is 8.77. The third-order valence-corrected chi connectivity index (χ3v) is 5.42. The summed E-state index contributed by atoms with van der Waals surface area (Å²) in [7, 11) is -2.38. The molecule has 1 heterocycles. The van der Waals surface area contributed by atoms with Gasteiger partial charge < -0.3 is 4.90 Å². The molecule has 0 N–H and O–H groups in total. The molecular weight excluding hydrogens is 469 g/mol. The van der Waals surface area contributed by atoms with Gasteiger partial charge in [0.1, 0.15) is 14.1 Å². The van der Waals surface area contributed by atoms with E-state index in [0.29, 0.717) is 0 Å². The van der Waals surface area contributed by atoms with Crippen molar-refractivity contribution < 1.29 is 29.8 Å². The Morgan fingerprint density at radius 2 is 1.31 bits per heavy atom. The van der Waals surface area contributed by atoms with Gasteiger partial charge in [-0.1, -0.05) is 23.9 Å². The molecular formula is C22H25F6N2PS. The summed E-state index contributed by atoms with van der Waals surface area (Å²) < 4.78 is 61.3. The number of rotatable bonds is 2. The van der Waals surface area contributed by atoms with Gasteiger partial charge in [-0.2, -0.15) is 0 Å². The van der Waals surface area contributed by atoms with Crippen LogP contribution >= 0.6 is 19.6 Å². The first kappa shape index (κ1) is 26.0. The van der Waals surface area contributed by atoms with Crippen LogP contribution in [0.25, 0.3) is 4.91 Å². The normalized spacial score (nSPS) is 18.2. The second-order valence-corrected chi connectivity index (χ2v) is 10.7. The molecule has 0 atom stereocenters. The Balaban J connectivity index is 0.000000451. The van der Waals surface area contributed by atoms with E-state index in [1.54, 1.807) is 0 Å². The van der Waals surface area contributed by atoms with Crippen molar-refractivity contribution >= 4 is 35.9 Å². The van der Waals surface area contributed by atoms with Gasteiger partial charge in [0.15, 0.2) is 5.71 Å². The molecule has 176 valence electrons. The molecule has 2 aliphatic rings. The number of hydrogen-bond donors (Lipinski definition) is 0. The van der Waals surface area contributed by atoms with Gasteiger partial charge in [-0.05, 0) is 60.1 Å². The Kier molecular flexibility index (Phi) is 6.99. The van der Waals surface area contributed by atoms with Crippen LogP contribution in [-0.4, -0.2) is 38.5 Å². The Morgan fingerprint density at radius 1 is 0.812 bits per heavy atom. The third kappa shape index (κ3) is 9.49. The molecule has 0 fully saturated rings. The Labute approximate surface area is 188 Å². The van der Waals surface area contributed by atoms with Gasteiger partial charge in [-0.25, -0.2) is 4.58 Å². The second-order valence-electron chi connectivity index (χ2n) is 7.70. The molecule has 1 aromatic rings. The van der Waals surface area contributed by atoms with E-state index >= 15 is 0 Å². The molecule has 0 aromatic heterocycles. The summed E-state index contributed by atoms with van der Waals surface area (Å²) in [5, 5.41) is 0. The van der Waals surface area contributed by atoms with Gasteiger partial charge in [0.05, 0.1) is 0 Å². The third-order valence-electron chi connectivity index (χ3n) is 4.27. The fourth-order valence-corrected chi connectivity index (χ4v) is 4.00.